The van der Waals surface area contributed by atoms with Gasteiger partial charge < -0.3 is 14.9 Å². The van der Waals surface area contributed by atoms with Gasteiger partial charge in [0.2, 0.25) is 17.5 Å². The predicted molar refractivity (Wildman–Crippen MR) is 67.3 cm³/mol. The summed E-state index contributed by atoms with van der Waals surface area (Å²) < 4.78 is 23.6. The molecule has 0 spiro atoms. The first kappa shape index (κ1) is 13.4. The number of ether oxygens (including phenoxy) is 1. The molecule has 0 atom stereocenters. The van der Waals surface area contributed by atoms with Gasteiger partial charge in [-0.05, 0) is 19.1 Å². The predicted octanol–water partition coefficient (Wildman–Crippen LogP) is 2.89. The molecule has 2 rings (SSSR count). The van der Waals surface area contributed by atoms with E-state index in [1.54, 1.807) is 6.92 Å². The van der Waals surface area contributed by atoms with Crippen molar-refractivity contribution in [1.29, 1.82) is 0 Å². The fourth-order valence-corrected chi connectivity index (χ4v) is 1.64. The van der Waals surface area contributed by atoms with Gasteiger partial charge in [0.15, 0.2) is 5.82 Å². The molecule has 0 bridgehead atoms. The van der Waals surface area contributed by atoms with Crippen LogP contribution in [0.4, 0.5) is 10.3 Å². The molecule has 5 nitrogen and oxygen atoms in total. The van der Waals surface area contributed by atoms with Crippen molar-refractivity contribution >= 4 is 23.5 Å². The molecule has 0 radical (unpaired) electrons. The first-order chi connectivity index (χ1) is 9.04. The van der Waals surface area contributed by atoms with E-state index < -0.39 is 11.8 Å². The van der Waals surface area contributed by atoms with Crippen LogP contribution < -0.4 is 5.73 Å². The molecule has 0 amide bonds. The molecule has 0 saturated heterocycles. The molecule has 1 aromatic carbocycles. The highest BCUT2D eigenvalue weighted by Crippen LogP contribution is 2.29. The molecule has 0 aliphatic carbocycles. The second-order valence-electron chi connectivity index (χ2n) is 3.55. The van der Waals surface area contributed by atoms with Gasteiger partial charge in [0.1, 0.15) is 0 Å². The van der Waals surface area contributed by atoms with Crippen molar-refractivity contribution in [2.45, 2.75) is 6.92 Å². The maximum atomic E-state index is 13.8. The molecule has 0 saturated carbocycles. The summed E-state index contributed by atoms with van der Waals surface area (Å²) in [5, 5.41) is -0.0769. The van der Waals surface area contributed by atoms with Crippen LogP contribution in [-0.4, -0.2) is 17.6 Å². The number of oxazole rings is 1. The van der Waals surface area contributed by atoms with Crippen LogP contribution in [0.15, 0.2) is 22.6 Å². The van der Waals surface area contributed by atoms with Gasteiger partial charge in [-0.25, -0.2) is 9.18 Å². The summed E-state index contributed by atoms with van der Waals surface area (Å²) in [6.07, 6.45) is 0. The fraction of sp³-hybridized carbons (Fsp3) is 0.167. The van der Waals surface area contributed by atoms with Gasteiger partial charge in [-0.2, -0.15) is 4.98 Å². The molecule has 2 N–H and O–H groups in total. The molecule has 19 heavy (non-hydrogen) atoms. The Morgan fingerprint density at radius 3 is 3.00 bits per heavy atom. The highest BCUT2D eigenvalue weighted by atomic mass is 35.5. The smallest absolute Gasteiger partial charge is 0.362 e. The standard InChI is InChI=1S/C12H10ClFN2O3/c1-2-18-12(17)9-10(15)19-11(16-9)6-4-3-5-7(13)8(6)14/h3-5H,2,15H2,1H3. The highest BCUT2D eigenvalue weighted by molar-refractivity contribution is 6.31. The third-order valence-electron chi connectivity index (χ3n) is 2.30. The third kappa shape index (κ3) is 2.53. The zero-order valence-corrected chi connectivity index (χ0v) is 10.7. The van der Waals surface area contributed by atoms with E-state index in [2.05, 4.69) is 4.98 Å². The number of nitrogen functional groups attached to an aromatic ring is 1. The normalized spacial score (nSPS) is 10.5. The van der Waals surface area contributed by atoms with Gasteiger partial charge in [-0.15, -0.1) is 0 Å². The number of nitrogens with zero attached hydrogens (tertiary/aromatic N) is 1. The van der Waals surface area contributed by atoms with E-state index in [0.29, 0.717) is 0 Å². The van der Waals surface area contributed by atoms with Crippen molar-refractivity contribution in [3.8, 4) is 11.5 Å². The second kappa shape index (κ2) is 5.27. The molecule has 1 aromatic heterocycles. The lowest BCUT2D eigenvalue weighted by Gasteiger charge is -1.99. The van der Waals surface area contributed by atoms with Gasteiger partial charge in [-0.1, -0.05) is 17.7 Å². The Kier molecular flexibility index (Phi) is 3.71. The first-order valence-electron chi connectivity index (χ1n) is 5.42. The van der Waals surface area contributed by atoms with E-state index in [1.807, 2.05) is 0 Å². The quantitative estimate of drug-likeness (QED) is 0.877. The lowest BCUT2D eigenvalue weighted by molar-refractivity contribution is 0.0521. The number of nitrogens with two attached hydrogens (primary N) is 1. The number of benzene rings is 1. The number of hydrogen-bond acceptors (Lipinski definition) is 5. The van der Waals surface area contributed by atoms with Crippen LogP contribution >= 0.6 is 11.6 Å². The average molecular weight is 285 g/mol. The van der Waals surface area contributed by atoms with Crippen LogP contribution in [-0.2, 0) is 4.74 Å². The number of hydrogen-bond donors (Lipinski definition) is 1. The monoisotopic (exact) mass is 284 g/mol. The Labute approximate surface area is 113 Å². The van der Waals surface area contributed by atoms with Crippen LogP contribution in [0.1, 0.15) is 17.4 Å². The summed E-state index contributed by atoms with van der Waals surface area (Å²) in [6, 6.07) is 4.34. The fourth-order valence-electron chi connectivity index (χ4n) is 1.46. The van der Waals surface area contributed by atoms with E-state index in [9.17, 15) is 9.18 Å². The SMILES string of the molecule is CCOC(=O)c1nc(-c2cccc(Cl)c2F)oc1N. The summed E-state index contributed by atoms with van der Waals surface area (Å²) in [5.74, 6) is -1.77. The molecule has 7 heteroatoms. The van der Waals surface area contributed by atoms with Crippen LogP contribution in [0.5, 0.6) is 0 Å². The Morgan fingerprint density at radius 2 is 2.32 bits per heavy atom. The number of esters is 1. The van der Waals surface area contributed by atoms with Crippen molar-refractivity contribution in [2.75, 3.05) is 12.3 Å². The van der Waals surface area contributed by atoms with Crippen molar-refractivity contribution in [3.05, 3.63) is 34.7 Å². The summed E-state index contributed by atoms with van der Waals surface area (Å²) in [6.45, 7) is 1.82. The van der Waals surface area contributed by atoms with Crippen LogP contribution in [0.25, 0.3) is 11.5 Å². The van der Waals surface area contributed by atoms with Crippen molar-refractivity contribution in [1.82, 2.24) is 4.98 Å². The lowest BCUT2D eigenvalue weighted by Crippen LogP contribution is -2.07. The molecule has 0 fully saturated rings. The van der Waals surface area contributed by atoms with Gasteiger partial charge >= 0.3 is 5.97 Å². The molecule has 0 aliphatic heterocycles. The molecule has 1 heterocycles. The average Bonchev–Trinajstić information content (AvgIpc) is 2.75. The van der Waals surface area contributed by atoms with Crippen LogP contribution in [0.3, 0.4) is 0 Å². The molecule has 0 unspecified atom stereocenters. The number of anilines is 1. The maximum Gasteiger partial charge on any atom is 0.362 e. The minimum Gasteiger partial charge on any atom is -0.461 e. The molecule has 0 aliphatic rings. The highest BCUT2D eigenvalue weighted by Gasteiger charge is 2.22. The number of aromatic nitrogens is 1. The van der Waals surface area contributed by atoms with E-state index >= 15 is 0 Å². The van der Waals surface area contributed by atoms with Gasteiger partial charge in [-0.3, -0.25) is 0 Å². The summed E-state index contributed by atoms with van der Waals surface area (Å²) >= 11 is 5.66. The van der Waals surface area contributed by atoms with E-state index in [1.165, 1.54) is 18.2 Å². The van der Waals surface area contributed by atoms with E-state index in [0.717, 1.165) is 0 Å². The number of carbonyl (C=O) groups excluding carboxylic acids is 1. The Bertz CT molecular complexity index is 627. The topological polar surface area (TPSA) is 78.3 Å². The van der Waals surface area contributed by atoms with Crippen molar-refractivity contribution in [3.63, 3.8) is 0 Å². The van der Waals surface area contributed by atoms with Crippen molar-refractivity contribution in [2.24, 2.45) is 0 Å². The van der Waals surface area contributed by atoms with Crippen molar-refractivity contribution < 1.29 is 18.3 Å². The maximum absolute atomic E-state index is 13.8. The van der Waals surface area contributed by atoms with E-state index in [-0.39, 0.29) is 34.7 Å². The minimum absolute atomic E-state index is 0.0229. The Balaban J connectivity index is 2.45. The van der Waals surface area contributed by atoms with E-state index in [4.69, 9.17) is 26.5 Å². The molecule has 2 aromatic rings. The number of halogens is 2. The van der Waals surface area contributed by atoms with Gasteiger partial charge in [0.25, 0.3) is 0 Å². The zero-order valence-electron chi connectivity index (χ0n) is 9.94. The van der Waals surface area contributed by atoms with Gasteiger partial charge in [0, 0.05) is 0 Å². The molecule has 100 valence electrons. The second-order valence-corrected chi connectivity index (χ2v) is 3.96. The number of carbonyl (C=O) groups is 1. The summed E-state index contributed by atoms with van der Waals surface area (Å²) in [4.78, 5) is 15.4. The first-order valence-corrected chi connectivity index (χ1v) is 5.80. The minimum atomic E-state index is -0.725. The number of rotatable bonds is 3. The van der Waals surface area contributed by atoms with Crippen LogP contribution in [0, 0.1) is 5.82 Å². The summed E-state index contributed by atoms with van der Waals surface area (Å²) in [5.41, 5.74) is 5.35. The third-order valence-corrected chi connectivity index (χ3v) is 2.60. The van der Waals surface area contributed by atoms with Crippen LogP contribution in [0.2, 0.25) is 5.02 Å². The molecular formula is C12H10ClFN2O3. The zero-order chi connectivity index (χ0) is 14.0. The lowest BCUT2D eigenvalue weighted by atomic mass is 10.2. The Morgan fingerprint density at radius 1 is 1.58 bits per heavy atom. The molecular weight excluding hydrogens is 275 g/mol. The summed E-state index contributed by atoms with van der Waals surface area (Å²) in [7, 11) is 0. The Hall–Kier alpha value is -2.08. The van der Waals surface area contributed by atoms with Gasteiger partial charge in [0.05, 0.1) is 17.2 Å². The largest absolute Gasteiger partial charge is 0.461 e.